The highest BCUT2D eigenvalue weighted by Gasteiger charge is 2.14. The van der Waals surface area contributed by atoms with Crippen molar-refractivity contribution in [2.45, 2.75) is 51.7 Å². The van der Waals surface area contributed by atoms with Crippen LogP contribution < -0.4 is 5.32 Å². The standard InChI is InChI=1S/C21H26N4O/c1-15(8-7-13-21(2,3)26)23-20-24-19(14-22-25-20)18-12-6-10-16-9-4-5-11-17(16)18/h4-6,9-12,14-15,26H,7-8,13H2,1-3H3,(H,23,24,25). The van der Waals surface area contributed by atoms with E-state index in [9.17, 15) is 5.11 Å². The van der Waals surface area contributed by atoms with E-state index in [0.717, 1.165) is 35.9 Å². The molecule has 0 spiro atoms. The summed E-state index contributed by atoms with van der Waals surface area (Å²) < 4.78 is 0. The molecule has 0 fully saturated rings. The second-order valence-corrected chi connectivity index (χ2v) is 7.44. The molecule has 0 saturated carbocycles. The Morgan fingerprint density at radius 3 is 2.69 bits per heavy atom. The van der Waals surface area contributed by atoms with E-state index in [2.05, 4.69) is 51.7 Å². The first-order valence-corrected chi connectivity index (χ1v) is 9.09. The lowest BCUT2D eigenvalue weighted by molar-refractivity contribution is 0.0680. The van der Waals surface area contributed by atoms with Crippen molar-refractivity contribution in [1.29, 1.82) is 0 Å². The zero-order valence-corrected chi connectivity index (χ0v) is 15.6. The lowest BCUT2D eigenvalue weighted by Gasteiger charge is -2.19. The summed E-state index contributed by atoms with van der Waals surface area (Å²) in [5.41, 5.74) is 1.24. The molecule has 1 atom stereocenters. The zero-order valence-electron chi connectivity index (χ0n) is 15.6. The molecule has 0 saturated heterocycles. The summed E-state index contributed by atoms with van der Waals surface area (Å²) in [6, 6.07) is 14.7. The summed E-state index contributed by atoms with van der Waals surface area (Å²) in [7, 11) is 0. The van der Waals surface area contributed by atoms with Crippen LogP contribution in [-0.2, 0) is 0 Å². The molecule has 1 heterocycles. The number of hydrogen-bond acceptors (Lipinski definition) is 5. The molecule has 0 amide bonds. The molecule has 0 aliphatic rings. The molecular weight excluding hydrogens is 324 g/mol. The maximum absolute atomic E-state index is 9.81. The predicted octanol–water partition coefficient (Wildman–Crippen LogP) is 4.43. The fourth-order valence-corrected chi connectivity index (χ4v) is 3.08. The lowest BCUT2D eigenvalue weighted by atomic mass is 10.00. The maximum atomic E-state index is 9.81. The van der Waals surface area contributed by atoms with Crippen molar-refractivity contribution in [2.75, 3.05) is 5.32 Å². The molecule has 26 heavy (non-hydrogen) atoms. The molecule has 1 unspecified atom stereocenters. The lowest BCUT2D eigenvalue weighted by Crippen LogP contribution is -2.21. The summed E-state index contributed by atoms with van der Waals surface area (Å²) in [6.07, 6.45) is 4.35. The Morgan fingerprint density at radius 2 is 1.88 bits per heavy atom. The highest BCUT2D eigenvalue weighted by atomic mass is 16.3. The topological polar surface area (TPSA) is 70.9 Å². The minimum Gasteiger partial charge on any atom is -0.390 e. The predicted molar refractivity (Wildman–Crippen MR) is 106 cm³/mol. The summed E-state index contributed by atoms with van der Waals surface area (Å²) >= 11 is 0. The largest absolute Gasteiger partial charge is 0.390 e. The molecule has 5 heteroatoms. The van der Waals surface area contributed by atoms with E-state index in [4.69, 9.17) is 0 Å². The van der Waals surface area contributed by atoms with Gasteiger partial charge in [-0.25, -0.2) is 4.98 Å². The van der Waals surface area contributed by atoms with Gasteiger partial charge in [-0.1, -0.05) is 42.5 Å². The smallest absolute Gasteiger partial charge is 0.243 e. The van der Waals surface area contributed by atoms with Crippen LogP contribution in [0.1, 0.15) is 40.0 Å². The number of anilines is 1. The fourth-order valence-electron chi connectivity index (χ4n) is 3.08. The Bertz CT molecular complexity index is 868. The van der Waals surface area contributed by atoms with E-state index in [1.165, 1.54) is 5.39 Å². The van der Waals surface area contributed by atoms with E-state index >= 15 is 0 Å². The first-order valence-electron chi connectivity index (χ1n) is 9.09. The Morgan fingerprint density at radius 1 is 1.12 bits per heavy atom. The van der Waals surface area contributed by atoms with Crippen molar-refractivity contribution < 1.29 is 5.11 Å². The van der Waals surface area contributed by atoms with Crippen molar-refractivity contribution in [1.82, 2.24) is 15.2 Å². The van der Waals surface area contributed by atoms with Crippen LogP contribution >= 0.6 is 0 Å². The molecule has 3 rings (SSSR count). The maximum Gasteiger partial charge on any atom is 0.243 e. The highest BCUT2D eigenvalue weighted by Crippen LogP contribution is 2.27. The monoisotopic (exact) mass is 350 g/mol. The molecule has 1 aromatic heterocycles. The van der Waals surface area contributed by atoms with Crippen LogP contribution in [0.5, 0.6) is 0 Å². The number of fused-ring (bicyclic) bond motifs is 1. The minimum atomic E-state index is -0.619. The van der Waals surface area contributed by atoms with Gasteiger partial charge in [0.15, 0.2) is 0 Å². The molecule has 0 aliphatic heterocycles. The normalized spacial score (nSPS) is 12.9. The fraction of sp³-hybridized carbons (Fsp3) is 0.381. The number of nitrogens with one attached hydrogen (secondary N) is 1. The van der Waals surface area contributed by atoms with Crippen LogP contribution in [0, 0.1) is 0 Å². The van der Waals surface area contributed by atoms with Crippen LogP contribution in [0.25, 0.3) is 22.0 Å². The highest BCUT2D eigenvalue weighted by molar-refractivity contribution is 5.95. The van der Waals surface area contributed by atoms with E-state index in [-0.39, 0.29) is 6.04 Å². The quantitative estimate of drug-likeness (QED) is 0.659. The average molecular weight is 350 g/mol. The molecule has 136 valence electrons. The van der Waals surface area contributed by atoms with E-state index < -0.39 is 5.60 Å². The second kappa shape index (κ2) is 7.79. The Labute approximate surface area is 154 Å². The van der Waals surface area contributed by atoms with Crippen molar-refractivity contribution in [2.24, 2.45) is 0 Å². The van der Waals surface area contributed by atoms with Crippen LogP contribution in [0.4, 0.5) is 5.95 Å². The van der Waals surface area contributed by atoms with Gasteiger partial charge in [-0.05, 0) is 50.8 Å². The first kappa shape index (κ1) is 18.3. The van der Waals surface area contributed by atoms with Crippen LogP contribution in [0.3, 0.4) is 0 Å². The van der Waals surface area contributed by atoms with Gasteiger partial charge in [0.05, 0.1) is 17.5 Å². The van der Waals surface area contributed by atoms with Crippen molar-refractivity contribution >= 4 is 16.7 Å². The van der Waals surface area contributed by atoms with Gasteiger partial charge in [0.2, 0.25) is 5.95 Å². The van der Waals surface area contributed by atoms with Gasteiger partial charge in [0, 0.05) is 11.6 Å². The summed E-state index contributed by atoms with van der Waals surface area (Å²) in [6.45, 7) is 5.77. The second-order valence-electron chi connectivity index (χ2n) is 7.44. The van der Waals surface area contributed by atoms with Gasteiger partial charge in [0.25, 0.3) is 0 Å². The molecule has 2 N–H and O–H groups in total. The van der Waals surface area contributed by atoms with Gasteiger partial charge in [0.1, 0.15) is 0 Å². The summed E-state index contributed by atoms with van der Waals surface area (Å²) in [5.74, 6) is 0.534. The Kier molecular flexibility index (Phi) is 5.47. The molecule has 5 nitrogen and oxygen atoms in total. The molecular formula is C21H26N4O. The van der Waals surface area contributed by atoms with E-state index in [1.54, 1.807) is 6.20 Å². The van der Waals surface area contributed by atoms with Gasteiger partial charge >= 0.3 is 0 Å². The van der Waals surface area contributed by atoms with Gasteiger partial charge in [-0.2, -0.15) is 5.10 Å². The SMILES string of the molecule is CC(CCCC(C)(C)O)Nc1nncc(-c2cccc3ccccc23)n1. The van der Waals surface area contributed by atoms with E-state index in [1.807, 2.05) is 32.0 Å². The number of benzene rings is 2. The first-order chi connectivity index (χ1) is 12.4. The Hall–Kier alpha value is -2.53. The van der Waals surface area contributed by atoms with Gasteiger partial charge in [-0.3, -0.25) is 0 Å². The van der Waals surface area contributed by atoms with Gasteiger partial charge in [-0.15, -0.1) is 5.10 Å². The average Bonchev–Trinajstić information content (AvgIpc) is 2.60. The third-order valence-corrected chi connectivity index (χ3v) is 4.43. The van der Waals surface area contributed by atoms with Crippen molar-refractivity contribution in [3.63, 3.8) is 0 Å². The zero-order chi connectivity index (χ0) is 18.6. The third kappa shape index (κ3) is 4.76. The number of hydrogen-bond donors (Lipinski definition) is 2. The molecule has 3 aromatic rings. The third-order valence-electron chi connectivity index (χ3n) is 4.43. The minimum absolute atomic E-state index is 0.210. The molecule has 0 radical (unpaired) electrons. The molecule has 2 aromatic carbocycles. The number of nitrogens with zero attached hydrogens (tertiary/aromatic N) is 3. The van der Waals surface area contributed by atoms with Crippen molar-refractivity contribution in [3.05, 3.63) is 48.7 Å². The van der Waals surface area contributed by atoms with Crippen LogP contribution in [-0.4, -0.2) is 31.9 Å². The summed E-state index contributed by atoms with van der Waals surface area (Å²) in [5, 5.41) is 23.7. The number of rotatable bonds is 7. The number of aromatic nitrogens is 3. The van der Waals surface area contributed by atoms with Crippen LogP contribution in [0.2, 0.25) is 0 Å². The molecule has 0 aliphatic carbocycles. The Balaban J connectivity index is 1.74. The van der Waals surface area contributed by atoms with Crippen LogP contribution in [0.15, 0.2) is 48.7 Å². The molecule has 0 bridgehead atoms. The number of aliphatic hydroxyl groups is 1. The van der Waals surface area contributed by atoms with Crippen molar-refractivity contribution in [3.8, 4) is 11.3 Å². The van der Waals surface area contributed by atoms with Gasteiger partial charge < -0.3 is 10.4 Å². The van der Waals surface area contributed by atoms with E-state index in [0.29, 0.717) is 5.95 Å². The summed E-state index contributed by atoms with van der Waals surface area (Å²) in [4.78, 5) is 4.66.